The van der Waals surface area contributed by atoms with Gasteiger partial charge in [0.2, 0.25) is 15.9 Å². The van der Waals surface area contributed by atoms with E-state index in [2.05, 4.69) is 22.3 Å². The number of thiophene rings is 1. The molecule has 6 nitrogen and oxygen atoms in total. The number of sulfonamides is 1. The largest absolute Gasteiger partial charge is 0.355 e. The average molecular weight is 424 g/mol. The number of carbonyl (C=O) groups excluding carboxylic acids is 1. The second kappa shape index (κ2) is 9.50. The van der Waals surface area contributed by atoms with Gasteiger partial charge in [0.05, 0.1) is 0 Å². The lowest BCUT2D eigenvalue weighted by Crippen LogP contribution is -2.49. The van der Waals surface area contributed by atoms with Gasteiger partial charge in [-0.15, -0.1) is 23.7 Å². The zero-order valence-corrected chi connectivity index (χ0v) is 18.2. The minimum absolute atomic E-state index is 0. The fraction of sp³-hybridized carbons (Fsp3) is 0.706. The molecule has 26 heavy (non-hydrogen) atoms. The van der Waals surface area contributed by atoms with Gasteiger partial charge in [-0.05, 0) is 37.4 Å². The van der Waals surface area contributed by atoms with Crippen LogP contribution in [0.4, 0.5) is 0 Å². The van der Waals surface area contributed by atoms with Crippen molar-refractivity contribution in [3.8, 4) is 0 Å². The topological polar surface area (TPSA) is 87.3 Å². The van der Waals surface area contributed by atoms with E-state index in [1.807, 2.05) is 26.8 Å². The summed E-state index contributed by atoms with van der Waals surface area (Å²) in [5, 5.41) is 6.12. The van der Waals surface area contributed by atoms with Gasteiger partial charge in [0, 0.05) is 29.4 Å². The molecule has 2 rings (SSSR count). The average Bonchev–Trinajstić information content (AvgIpc) is 2.98. The van der Waals surface area contributed by atoms with Gasteiger partial charge in [0.25, 0.3) is 0 Å². The van der Waals surface area contributed by atoms with Crippen LogP contribution in [0.3, 0.4) is 0 Å². The number of hydrogen-bond acceptors (Lipinski definition) is 5. The summed E-state index contributed by atoms with van der Waals surface area (Å²) in [5.74, 6) is 0.320. The van der Waals surface area contributed by atoms with Gasteiger partial charge >= 0.3 is 0 Å². The van der Waals surface area contributed by atoms with Crippen LogP contribution in [0.25, 0.3) is 0 Å². The van der Waals surface area contributed by atoms with Crippen LogP contribution in [0.1, 0.15) is 39.0 Å². The van der Waals surface area contributed by atoms with E-state index in [9.17, 15) is 13.2 Å². The van der Waals surface area contributed by atoms with E-state index < -0.39 is 15.4 Å². The molecule has 0 aromatic carbocycles. The molecule has 2 heterocycles. The van der Waals surface area contributed by atoms with Crippen molar-refractivity contribution in [2.75, 3.05) is 19.6 Å². The Labute approximate surface area is 167 Å². The molecule has 150 valence electrons. The Bertz CT molecular complexity index is 698. The number of nitrogens with one attached hydrogen (secondary N) is 3. The van der Waals surface area contributed by atoms with Crippen molar-refractivity contribution in [3.63, 3.8) is 0 Å². The number of amides is 1. The monoisotopic (exact) mass is 423 g/mol. The Balaban J connectivity index is 0.00000338. The predicted molar refractivity (Wildman–Crippen MR) is 108 cm³/mol. The number of piperidine rings is 1. The number of rotatable bonds is 6. The highest BCUT2D eigenvalue weighted by molar-refractivity contribution is 7.91. The van der Waals surface area contributed by atoms with E-state index in [4.69, 9.17) is 0 Å². The van der Waals surface area contributed by atoms with Crippen LogP contribution in [-0.4, -0.2) is 40.0 Å². The Hall–Kier alpha value is -0.670. The molecule has 1 saturated heterocycles. The smallest absolute Gasteiger partial charge is 0.250 e. The Kier molecular flexibility index (Phi) is 8.54. The van der Waals surface area contributed by atoms with Crippen LogP contribution in [0.5, 0.6) is 0 Å². The maximum atomic E-state index is 12.6. The van der Waals surface area contributed by atoms with Crippen LogP contribution < -0.4 is 15.4 Å². The summed E-state index contributed by atoms with van der Waals surface area (Å²) in [5.41, 5.74) is -0.418. The third-order valence-electron chi connectivity index (χ3n) is 4.37. The van der Waals surface area contributed by atoms with E-state index in [-0.39, 0.29) is 24.4 Å². The van der Waals surface area contributed by atoms with Gasteiger partial charge in [0.15, 0.2) is 0 Å². The Morgan fingerprint density at radius 1 is 1.35 bits per heavy atom. The summed E-state index contributed by atoms with van der Waals surface area (Å²) in [4.78, 5) is 12.8. The molecule has 2 unspecified atom stereocenters. The molecule has 2 atom stereocenters. The van der Waals surface area contributed by atoms with Crippen molar-refractivity contribution < 1.29 is 13.2 Å². The SMILES string of the molecule is CC1CCNCC1NS(=O)(=O)c1ccc(CCNC(=O)C(C)(C)C)s1.Cl. The summed E-state index contributed by atoms with van der Waals surface area (Å²) >= 11 is 1.27. The van der Waals surface area contributed by atoms with E-state index in [1.165, 1.54) is 11.3 Å². The molecule has 0 saturated carbocycles. The van der Waals surface area contributed by atoms with Crippen LogP contribution in [0.2, 0.25) is 0 Å². The molecular formula is C17H30ClN3O3S2. The summed E-state index contributed by atoms with van der Waals surface area (Å²) in [6.45, 7) is 9.78. The van der Waals surface area contributed by atoms with Gasteiger partial charge < -0.3 is 10.6 Å². The molecule has 1 aliphatic heterocycles. The van der Waals surface area contributed by atoms with E-state index in [0.29, 0.717) is 29.6 Å². The van der Waals surface area contributed by atoms with Gasteiger partial charge in [0.1, 0.15) is 4.21 Å². The zero-order chi connectivity index (χ0) is 18.7. The third-order valence-corrected chi connectivity index (χ3v) is 7.50. The lowest BCUT2D eigenvalue weighted by atomic mass is 9.96. The van der Waals surface area contributed by atoms with Crippen LogP contribution >= 0.6 is 23.7 Å². The number of halogens is 1. The fourth-order valence-corrected chi connectivity index (χ4v) is 5.32. The minimum Gasteiger partial charge on any atom is -0.355 e. The Morgan fingerprint density at radius 3 is 2.65 bits per heavy atom. The molecule has 0 spiro atoms. The first kappa shape index (κ1) is 23.4. The van der Waals surface area contributed by atoms with Crippen molar-refractivity contribution >= 4 is 39.7 Å². The second-order valence-corrected chi connectivity index (χ2v) is 10.8. The van der Waals surface area contributed by atoms with Crippen molar-refractivity contribution in [1.82, 2.24) is 15.4 Å². The third kappa shape index (κ3) is 6.49. The number of hydrogen-bond donors (Lipinski definition) is 3. The molecular weight excluding hydrogens is 394 g/mol. The van der Waals surface area contributed by atoms with Gasteiger partial charge in [-0.1, -0.05) is 27.7 Å². The van der Waals surface area contributed by atoms with Gasteiger partial charge in [-0.2, -0.15) is 0 Å². The van der Waals surface area contributed by atoms with Gasteiger partial charge in [-0.25, -0.2) is 13.1 Å². The number of carbonyl (C=O) groups is 1. The minimum atomic E-state index is -3.50. The lowest BCUT2D eigenvalue weighted by molar-refractivity contribution is -0.128. The molecule has 0 radical (unpaired) electrons. The van der Waals surface area contributed by atoms with Crippen molar-refractivity contribution in [3.05, 3.63) is 17.0 Å². The highest BCUT2D eigenvalue weighted by Crippen LogP contribution is 2.23. The summed E-state index contributed by atoms with van der Waals surface area (Å²) in [6, 6.07) is 3.40. The van der Waals surface area contributed by atoms with E-state index in [1.54, 1.807) is 6.07 Å². The fourth-order valence-electron chi connectivity index (χ4n) is 2.61. The summed E-state index contributed by atoms with van der Waals surface area (Å²) < 4.78 is 28.3. The van der Waals surface area contributed by atoms with Crippen molar-refractivity contribution in [2.24, 2.45) is 11.3 Å². The molecule has 0 aliphatic carbocycles. The van der Waals surface area contributed by atoms with E-state index in [0.717, 1.165) is 17.8 Å². The van der Waals surface area contributed by atoms with Crippen LogP contribution in [0.15, 0.2) is 16.3 Å². The van der Waals surface area contributed by atoms with Gasteiger partial charge in [-0.3, -0.25) is 4.79 Å². The molecule has 1 aromatic rings. The highest BCUT2D eigenvalue weighted by atomic mass is 35.5. The quantitative estimate of drug-likeness (QED) is 0.654. The summed E-state index contributed by atoms with van der Waals surface area (Å²) in [7, 11) is -3.50. The van der Waals surface area contributed by atoms with Crippen LogP contribution in [0, 0.1) is 11.3 Å². The maximum Gasteiger partial charge on any atom is 0.250 e. The standard InChI is InChI=1S/C17H29N3O3S2.ClH/c1-12-7-9-18-11-14(12)20-25(22,23)15-6-5-13(24-15)8-10-19-16(21)17(2,3)4;/h5-6,12,14,18,20H,7-11H2,1-4H3,(H,19,21);1H. The molecule has 0 bridgehead atoms. The van der Waals surface area contributed by atoms with Crippen molar-refractivity contribution in [1.29, 1.82) is 0 Å². The highest BCUT2D eigenvalue weighted by Gasteiger charge is 2.27. The molecule has 1 amide bonds. The zero-order valence-electron chi connectivity index (χ0n) is 15.8. The normalized spacial score (nSPS) is 21.1. The second-order valence-electron chi connectivity index (χ2n) is 7.67. The maximum absolute atomic E-state index is 12.6. The molecule has 3 N–H and O–H groups in total. The molecule has 1 aromatic heterocycles. The molecule has 1 fully saturated rings. The van der Waals surface area contributed by atoms with E-state index >= 15 is 0 Å². The Morgan fingerprint density at radius 2 is 2.04 bits per heavy atom. The first-order valence-corrected chi connectivity index (χ1v) is 11.0. The first-order chi connectivity index (χ1) is 11.6. The molecule has 1 aliphatic rings. The van der Waals surface area contributed by atoms with Crippen molar-refractivity contribution in [2.45, 2.75) is 50.8 Å². The van der Waals surface area contributed by atoms with Crippen LogP contribution in [-0.2, 0) is 21.2 Å². The predicted octanol–water partition coefficient (Wildman–Crippen LogP) is 2.15. The molecule has 9 heteroatoms. The summed E-state index contributed by atoms with van der Waals surface area (Å²) in [6.07, 6.45) is 1.60. The lowest BCUT2D eigenvalue weighted by Gasteiger charge is -2.29. The first-order valence-electron chi connectivity index (χ1n) is 8.69.